The third-order valence-electron chi connectivity index (χ3n) is 4.85. The molecule has 0 spiro atoms. The lowest BCUT2D eigenvalue weighted by Crippen LogP contribution is -2.17. The Bertz CT molecular complexity index is 728. The molecule has 0 saturated heterocycles. The quantitative estimate of drug-likeness (QED) is 0.277. The first kappa shape index (κ1) is 21.1. The van der Waals surface area contributed by atoms with Gasteiger partial charge in [0.1, 0.15) is 0 Å². The number of pyridine rings is 1. The van der Waals surface area contributed by atoms with Crippen molar-refractivity contribution < 1.29 is 13.9 Å². The van der Waals surface area contributed by atoms with Crippen molar-refractivity contribution in [2.24, 2.45) is 5.92 Å². The first-order valence-electron chi connectivity index (χ1n) is 10.0. The second-order valence-corrected chi connectivity index (χ2v) is 7.09. The standard InChI is InChI=1S/C23H30FNO2/c1-4-6-7-8-9-10-18-11-13-21(25-16-18)19-12-14-22(20(24)15-19)27-23(26)17(3)5-2/h11-17H,4-10H2,1-3H3. The molecule has 3 nitrogen and oxygen atoms in total. The van der Waals surface area contributed by atoms with Gasteiger partial charge in [0.25, 0.3) is 0 Å². The lowest BCUT2D eigenvalue weighted by molar-refractivity contribution is -0.138. The Hall–Kier alpha value is -2.23. The number of esters is 1. The molecule has 146 valence electrons. The molecule has 1 aromatic carbocycles. The minimum absolute atomic E-state index is 0.0345. The summed E-state index contributed by atoms with van der Waals surface area (Å²) in [5.41, 5.74) is 2.59. The molecular weight excluding hydrogens is 341 g/mol. The molecule has 0 aliphatic rings. The third-order valence-corrected chi connectivity index (χ3v) is 4.85. The summed E-state index contributed by atoms with van der Waals surface area (Å²) in [6, 6.07) is 8.56. The van der Waals surface area contributed by atoms with E-state index in [0.717, 1.165) is 6.42 Å². The number of nitrogens with zero attached hydrogens (tertiary/aromatic N) is 1. The average molecular weight is 371 g/mol. The second kappa shape index (κ2) is 10.8. The van der Waals surface area contributed by atoms with E-state index in [-0.39, 0.29) is 11.7 Å². The van der Waals surface area contributed by atoms with Crippen molar-refractivity contribution in [3.05, 3.63) is 47.9 Å². The highest BCUT2D eigenvalue weighted by Crippen LogP contribution is 2.25. The van der Waals surface area contributed by atoms with E-state index >= 15 is 0 Å². The fourth-order valence-corrected chi connectivity index (χ4v) is 2.79. The Morgan fingerprint density at radius 1 is 1.11 bits per heavy atom. The summed E-state index contributed by atoms with van der Waals surface area (Å²) < 4.78 is 19.5. The van der Waals surface area contributed by atoms with Crippen LogP contribution in [0.3, 0.4) is 0 Å². The molecular formula is C23H30FNO2. The van der Waals surface area contributed by atoms with Crippen molar-refractivity contribution in [2.45, 2.75) is 65.7 Å². The van der Waals surface area contributed by atoms with E-state index in [1.807, 2.05) is 19.2 Å². The summed E-state index contributed by atoms with van der Waals surface area (Å²) in [6.45, 7) is 5.88. The Labute approximate surface area is 162 Å². The molecule has 27 heavy (non-hydrogen) atoms. The largest absolute Gasteiger partial charge is 0.423 e. The van der Waals surface area contributed by atoms with Crippen LogP contribution < -0.4 is 4.74 Å². The minimum Gasteiger partial charge on any atom is -0.423 e. The van der Waals surface area contributed by atoms with Gasteiger partial charge in [-0.15, -0.1) is 0 Å². The molecule has 1 heterocycles. The van der Waals surface area contributed by atoms with Crippen LogP contribution in [0.5, 0.6) is 5.75 Å². The number of hydrogen-bond donors (Lipinski definition) is 0. The highest BCUT2D eigenvalue weighted by Gasteiger charge is 2.16. The van der Waals surface area contributed by atoms with Gasteiger partial charge in [0.15, 0.2) is 11.6 Å². The second-order valence-electron chi connectivity index (χ2n) is 7.09. The first-order chi connectivity index (χ1) is 13.0. The molecule has 0 N–H and O–H groups in total. The van der Waals surface area contributed by atoms with Crippen molar-refractivity contribution in [2.75, 3.05) is 0 Å². The van der Waals surface area contributed by atoms with Crippen LogP contribution in [0.15, 0.2) is 36.5 Å². The van der Waals surface area contributed by atoms with E-state index in [1.165, 1.54) is 49.8 Å². The number of rotatable bonds is 10. The zero-order chi connectivity index (χ0) is 19.6. The number of benzene rings is 1. The number of carbonyl (C=O) groups excluding carboxylic acids is 1. The van der Waals surface area contributed by atoms with Gasteiger partial charge in [0.2, 0.25) is 0 Å². The van der Waals surface area contributed by atoms with Crippen molar-refractivity contribution in [3.8, 4) is 17.0 Å². The summed E-state index contributed by atoms with van der Waals surface area (Å²) in [5.74, 6) is -1.25. The summed E-state index contributed by atoms with van der Waals surface area (Å²) >= 11 is 0. The van der Waals surface area contributed by atoms with Crippen LogP contribution in [0, 0.1) is 11.7 Å². The van der Waals surface area contributed by atoms with Gasteiger partial charge in [-0.05, 0) is 49.1 Å². The van der Waals surface area contributed by atoms with E-state index in [0.29, 0.717) is 17.7 Å². The molecule has 1 aromatic heterocycles. The van der Waals surface area contributed by atoms with Gasteiger partial charge in [-0.2, -0.15) is 0 Å². The number of unbranched alkanes of at least 4 members (excludes halogenated alkanes) is 4. The fourth-order valence-electron chi connectivity index (χ4n) is 2.79. The van der Waals surface area contributed by atoms with E-state index in [2.05, 4.69) is 18.0 Å². The monoisotopic (exact) mass is 371 g/mol. The van der Waals surface area contributed by atoms with Crippen molar-refractivity contribution in [1.82, 2.24) is 4.98 Å². The molecule has 1 unspecified atom stereocenters. The zero-order valence-electron chi connectivity index (χ0n) is 16.6. The number of aryl methyl sites for hydroxylation is 1. The SMILES string of the molecule is CCCCCCCc1ccc(-c2ccc(OC(=O)C(C)CC)c(F)c2)nc1. The maximum Gasteiger partial charge on any atom is 0.314 e. The summed E-state index contributed by atoms with van der Waals surface area (Å²) in [7, 11) is 0. The molecule has 2 rings (SSSR count). The van der Waals surface area contributed by atoms with Gasteiger partial charge >= 0.3 is 5.97 Å². The van der Waals surface area contributed by atoms with Crippen LogP contribution >= 0.6 is 0 Å². The highest BCUT2D eigenvalue weighted by molar-refractivity contribution is 5.75. The molecule has 0 aliphatic carbocycles. The maximum absolute atomic E-state index is 14.3. The van der Waals surface area contributed by atoms with Crippen LogP contribution in [-0.2, 0) is 11.2 Å². The van der Waals surface area contributed by atoms with Crippen LogP contribution in [0.2, 0.25) is 0 Å². The number of ether oxygens (including phenoxy) is 1. The summed E-state index contributed by atoms with van der Waals surface area (Å²) in [4.78, 5) is 16.3. The van der Waals surface area contributed by atoms with Crippen LogP contribution in [0.1, 0.15) is 64.9 Å². The zero-order valence-corrected chi connectivity index (χ0v) is 16.6. The predicted octanol–water partition coefficient (Wildman–Crippen LogP) is 6.35. The van der Waals surface area contributed by atoms with E-state index in [4.69, 9.17) is 4.74 Å². The Balaban J connectivity index is 1.97. The third kappa shape index (κ3) is 6.46. The smallest absolute Gasteiger partial charge is 0.314 e. The van der Waals surface area contributed by atoms with Gasteiger partial charge in [-0.1, -0.05) is 52.5 Å². The molecule has 4 heteroatoms. The van der Waals surface area contributed by atoms with Crippen LogP contribution in [-0.4, -0.2) is 11.0 Å². The van der Waals surface area contributed by atoms with E-state index < -0.39 is 11.8 Å². The van der Waals surface area contributed by atoms with Gasteiger partial charge in [0.05, 0.1) is 11.6 Å². The molecule has 0 saturated carbocycles. The predicted molar refractivity (Wildman–Crippen MR) is 107 cm³/mol. The molecule has 0 aliphatic heterocycles. The van der Waals surface area contributed by atoms with Gasteiger partial charge < -0.3 is 4.74 Å². The average Bonchev–Trinajstić information content (AvgIpc) is 2.69. The highest BCUT2D eigenvalue weighted by atomic mass is 19.1. The number of carbonyl (C=O) groups is 1. The van der Waals surface area contributed by atoms with Crippen LogP contribution in [0.4, 0.5) is 4.39 Å². The topological polar surface area (TPSA) is 39.2 Å². The minimum atomic E-state index is -0.550. The molecule has 1 atom stereocenters. The number of halogens is 1. The van der Waals surface area contributed by atoms with Gasteiger partial charge in [-0.3, -0.25) is 9.78 Å². The van der Waals surface area contributed by atoms with E-state index in [1.54, 1.807) is 13.0 Å². The van der Waals surface area contributed by atoms with Gasteiger partial charge in [-0.25, -0.2) is 4.39 Å². The maximum atomic E-state index is 14.3. The lowest BCUT2D eigenvalue weighted by Gasteiger charge is -2.10. The normalized spacial score (nSPS) is 12.0. The molecule has 0 amide bonds. The molecule has 0 fully saturated rings. The Morgan fingerprint density at radius 2 is 1.89 bits per heavy atom. The lowest BCUT2D eigenvalue weighted by atomic mass is 10.1. The van der Waals surface area contributed by atoms with Crippen molar-refractivity contribution in [1.29, 1.82) is 0 Å². The van der Waals surface area contributed by atoms with Crippen molar-refractivity contribution >= 4 is 5.97 Å². The van der Waals surface area contributed by atoms with E-state index in [9.17, 15) is 9.18 Å². The molecule has 0 bridgehead atoms. The van der Waals surface area contributed by atoms with Gasteiger partial charge in [0, 0.05) is 11.8 Å². The first-order valence-corrected chi connectivity index (χ1v) is 10.0. The molecule has 0 radical (unpaired) electrons. The summed E-state index contributed by atoms with van der Waals surface area (Å²) in [5, 5.41) is 0. The Kier molecular flexibility index (Phi) is 8.43. The molecule has 2 aromatic rings. The number of hydrogen-bond acceptors (Lipinski definition) is 3. The summed E-state index contributed by atoms with van der Waals surface area (Å²) in [6.07, 6.45) is 9.81. The fraction of sp³-hybridized carbons (Fsp3) is 0.478. The number of aromatic nitrogens is 1. The van der Waals surface area contributed by atoms with Crippen molar-refractivity contribution in [3.63, 3.8) is 0 Å². The van der Waals surface area contributed by atoms with Crippen LogP contribution in [0.25, 0.3) is 11.3 Å². The Morgan fingerprint density at radius 3 is 2.52 bits per heavy atom.